The smallest absolute Gasteiger partial charge is 0.175 e. The third-order valence-electron chi connectivity index (χ3n) is 6.25. The highest BCUT2D eigenvalue weighted by atomic mass is 32.2. The van der Waals surface area contributed by atoms with Crippen molar-refractivity contribution in [1.82, 2.24) is 5.32 Å². The van der Waals surface area contributed by atoms with E-state index in [2.05, 4.69) is 5.32 Å². The molecule has 6 heteroatoms. The van der Waals surface area contributed by atoms with E-state index in [1.54, 1.807) is 12.1 Å². The Labute approximate surface area is 206 Å². The van der Waals surface area contributed by atoms with E-state index in [0.717, 1.165) is 22.9 Å². The number of hydrogen-bond donors (Lipinski definition) is 3. The van der Waals surface area contributed by atoms with Gasteiger partial charge in [-0.3, -0.25) is 5.32 Å². The van der Waals surface area contributed by atoms with Crippen LogP contribution in [0.1, 0.15) is 28.4 Å². The van der Waals surface area contributed by atoms with Crippen molar-refractivity contribution in [2.24, 2.45) is 0 Å². The number of aliphatic hydroxyl groups is 2. The number of sulfone groups is 1. The quantitative estimate of drug-likeness (QED) is 0.310. The molecular formula is C29H29NO4S. The monoisotopic (exact) mass is 487 g/mol. The summed E-state index contributed by atoms with van der Waals surface area (Å²) in [5.41, 5.74) is 2.50. The number of nitrogens with one attached hydrogen (secondary N) is 1. The van der Waals surface area contributed by atoms with Crippen LogP contribution in [-0.4, -0.2) is 37.5 Å². The van der Waals surface area contributed by atoms with Crippen LogP contribution >= 0.6 is 0 Å². The van der Waals surface area contributed by atoms with Crippen LogP contribution in [0.2, 0.25) is 0 Å². The minimum atomic E-state index is -3.35. The Bertz CT molecular complexity index is 1230. The van der Waals surface area contributed by atoms with Crippen molar-refractivity contribution in [2.45, 2.75) is 22.6 Å². The molecule has 4 aromatic carbocycles. The van der Waals surface area contributed by atoms with Crippen molar-refractivity contribution >= 4 is 9.84 Å². The normalized spacial score (nSPS) is 13.8. The molecule has 0 aromatic heterocycles. The Morgan fingerprint density at radius 1 is 0.714 bits per heavy atom. The van der Waals surface area contributed by atoms with Crippen LogP contribution in [0.5, 0.6) is 0 Å². The third-order valence-corrected chi connectivity index (χ3v) is 7.38. The summed E-state index contributed by atoms with van der Waals surface area (Å²) in [7, 11) is -3.35. The van der Waals surface area contributed by atoms with Gasteiger partial charge in [0, 0.05) is 6.26 Å². The van der Waals surface area contributed by atoms with Crippen molar-refractivity contribution in [1.29, 1.82) is 0 Å². The van der Waals surface area contributed by atoms with E-state index in [9.17, 15) is 18.6 Å². The lowest BCUT2D eigenvalue weighted by atomic mass is 9.76. The maximum Gasteiger partial charge on any atom is 0.175 e. The summed E-state index contributed by atoms with van der Waals surface area (Å²) in [6.07, 6.45) is 0.0499. The minimum Gasteiger partial charge on any atom is -0.395 e. The zero-order chi connectivity index (χ0) is 24.9. The second kappa shape index (κ2) is 10.5. The SMILES string of the molecule is CS(=O)(=O)c1ccc([C@@H](O)[C@@H](CO)NC(c2ccccc2)(c2ccccc2)c2ccccc2)cc1. The van der Waals surface area contributed by atoms with Crippen LogP contribution in [-0.2, 0) is 15.4 Å². The second-order valence-electron chi connectivity index (χ2n) is 8.57. The van der Waals surface area contributed by atoms with Crippen LogP contribution < -0.4 is 5.32 Å². The molecule has 4 aromatic rings. The molecule has 35 heavy (non-hydrogen) atoms. The van der Waals surface area contributed by atoms with Crippen molar-refractivity contribution in [2.75, 3.05) is 12.9 Å². The van der Waals surface area contributed by atoms with Crippen LogP contribution in [0.25, 0.3) is 0 Å². The average molecular weight is 488 g/mol. The summed E-state index contributed by atoms with van der Waals surface area (Å²) in [4.78, 5) is 0.175. The van der Waals surface area contributed by atoms with Gasteiger partial charge in [0.25, 0.3) is 0 Å². The van der Waals surface area contributed by atoms with E-state index < -0.39 is 27.5 Å². The first-order chi connectivity index (χ1) is 16.9. The molecule has 0 radical (unpaired) electrons. The van der Waals surface area contributed by atoms with Gasteiger partial charge in [0.05, 0.1) is 29.2 Å². The van der Waals surface area contributed by atoms with Gasteiger partial charge in [-0.2, -0.15) is 0 Å². The van der Waals surface area contributed by atoms with Gasteiger partial charge < -0.3 is 10.2 Å². The molecule has 2 atom stereocenters. The molecular weight excluding hydrogens is 458 g/mol. The van der Waals surface area contributed by atoms with Crippen LogP contribution in [0.3, 0.4) is 0 Å². The van der Waals surface area contributed by atoms with Gasteiger partial charge in [-0.1, -0.05) is 103 Å². The second-order valence-corrected chi connectivity index (χ2v) is 10.6. The molecule has 0 fully saturated rings. The van der Waals surface area contributed by atoms with E-state index >= 15 is 0 Å². The summed E-state index contributed by atoms with van der Waals surface area (Å²) in [5.74, 6) is 0. The highest BCUT2D eigenvalue weighted by Crippen LogP contribution is 2.38. The van der Waals surface area contributed by atoms with Gasteiger partial charge in [0.1, 0.15) is 0 Å². The molecule has 0 aliphatic rings. The van der Waals surface area contributed by atoms with Gasteiger partial charge in [-0.15, -0.1) is 0 Å². The van der Waals surface area contributed by atoms with Crippen LogP contribution in [0.15, 0.2) is 120 Å². The number of aliphatic hydroxyl groups excluding tert-OH is 2. The molecule has 0 amide bonds. The van der Waals surface area contributed by atoms with Crippen LogP contribution in [0.4, 0.5) is 0 Å². The molecule has 0 unspecified atom stereocenters. The lowest BCUT2D eigenvalue weighted by Gasteiger charge is -2.41. The Hall–Kier alpha value is -3.29. The predicted molar refractivity (Wildman–Crippen MR) is 138 cm³/mol. The zero-order valence-corrected chi connectivity index (χ0v) is 20.3. The predicted octanol–water partition coefficient (Wildman–Crippen LogP) is 4.07. The summed E-state index contributed by atoms with van der Waals surface area (Å²) in [6, 6.07) is 35.1. The molecule has 0 saturated heterocycles. The lowest BCUT2D eigenvalue weighted by molar-refractivity contribution is 0.0784. The van der Waals surface area contributed by atoms with Gasteiger partial charge in [-0.25, -0.2) is 8.42 Å². The molecule has 0 saturated carbocycles. The fourth-order valence-electron chi connectivity index (χ4n) is 4.46. The van der Waals surface area contributed by atoms with Gasteiger partial charge in [0.2, 0.25) is 0 Å². The van der Waals surface area contributed by atoms with Gasteiger partial charge >= 0.3 is 0 Å². The highest BCUT2D eigenvalue weighted by Gasteiger charge is 2.39. The number of rotatable bonds is 9. The molecule has 180 valence electrons. The summed E-state index contributed by atoms with van der Waals surface area (Å²) in [5, 5.41) is 25.3. The minimum absolute atomic E-state index is 0.175. The van der Waals surface area contributed by atoms with E-state index in [4.69, 9.17) is 0 Å². The van der Waals surface area contributed by atoms with E-state index in [1.165, 1.54) is 12.1 Å². The Morgan fingerprint density at radius 2 is 1.11 bits per heavy atom. The largest absolute Gasteiger partial charge is 0.395 e. The standard InChI is InChI=1S/C29H29NO4S/c1-35(33,34)26-19-17-22(18-20-26)28(32)27(21-31)30-29(23-11-5-2-6-12-23,24-13-7-3-8-14-24)25-15-9-4-10-16-25/h2-20,27-28,30-32H,21H2,1H3/t27-,28-/m1/s1. The summed E-state index contributed by atoms with van der Waals surface area (Å²) >= 11 is 0. The molecule has 0 bridgehead atoms. The Balaban J connectivity index is 1.83. The molecule has 5 nitrogen and oxygen atoms in total. The highest BCUT2D eigenvalue weighted by molar-refractivity contribution is 7.90. The first kappa shape index (κ1) is 24.8. The average Bonchev–Trinajstić information content (AvgIpc) is 2.90. The summed E-state index contributed by atoms with van der Waals surface area (Å²) < 4.78 is 23.7. The van der Waals surface area contributed by atoms with E-state index in [1.807, 2.05) is 91.0 Å². The van der Waals surface area contributed by atoms with Crippen molar-refractivity contribution in [3.8, 4) is 0 Å². The fourth-order valence-corrected chi connectivity index (χ4v) is 5.09. The van der Waals surface area contributed by atoms with E-state index in [0.29, 0.717) is 5.56 Å². The first-order valence-electron chi connectivity index (χ1n) is 11.4. The molecule has 4 rings (SSSR count). The first-order valence-corrected chi connectivity index (χ1v) is 13.3. The van der Waals surface area contributed by atoms with Gasteiger partial charge in [-0.05, 0) is 34.4 Å². The third kappa shape index (κ3) is 5.21. The molecule has 0 aliphatic heterocycles. The summed E-state index contributed by atoms with van der Waals surface area (Å²) in [6.45, 7) is -0.344. The Morgan fingerprint density at radius 3 is 1.46 bits per heavy atom. The fraction of sp³-hybridized carbons (Fsp3) is 0.172. The number of hydrogen-bond acceptors (Lipinski definition) is 5. The maximum atomic E-state index is 11.8. The van der Waals surface area contributed by atoms with Crippen molar-refractivity contribution in [3.63, 3.8) is 0 Å². The van der Waals surface area contributed by atoms with Crippen molar-refractivity contribution < 1.29 is 18.6 Å². The topological polar surface area (TPSA) is 86.6 Å². The van der Waals surface area contributed by atoms with E-state index in [-0.39, 0.29) is 11.5 Å². The lowest BCUT2D eigenvalue weighted by Crippen LogP contribution is -2.53. The van der Waals surface area contributed by atoms with Crippen molar-refractivity contribution in [3.05, 3.63) is 138 Å². The molecule has 0 spiro atoms. The van der Waals surface area contributed by atoms with Crippen LogP contribution in [0, 0.1) is 0 Å². The number of benzene rings is 4. The maximum absolute atomic E-state index is 11.8. The molecule has 3 N–H and O–H groups in total. The molecule has 0 heterocycles. The molecule has 0 aliphatic carbocycles. The van der Waals surface area contributed by atoms with Gasteiger partial charge in [0.15, 0.2) is 9.84 Å². The Kier molecular flexibility index (Phi) is 7.48. The zero-order valence-electron chi connectivity index (χ0n) is 19.5.